The van der Waals surface area contributed by atoms with E-state index in [-0.39, 0.29) is 11.1 Å². The number of rotatable bonds is 8. The molecule has 0 bridgehead atoms. The van der Waals surface area contributed by atoms with Crippen molar-refractivity contribution in [3.8, 4) is 0 Å². The predicted octanol–water partition coefficient (Wildman–Crippen LogP) is 2.13. The van der Waals surface area contributed by atoms with Gasteiger partial charge in [0.1, 0.15) is 0 Å². The van der Waals surface area contributed by atoms with E-state index in [0.29, 0.717) is 13.1 Å². The first-order valence-corrected chi connectivity index (χ1v) is 8.58. The third kappa shape index (κ3) is 4.01. The molecule has 1 unspecified atom stereocenters. The maximum atomic E-state index is 12.7. The maximum Gasteiger partial charge on any atom is 0.260 e. The second-order valence-corrected chi connectivity index (χ2v) is 6.77. The largest absolute Gasteiger partial charge is 0.326 e. The van der Waals surface area contributed by atoms with Crippen LogP contribution in [0.15, 0.2) is 23.4 Å². The molecule has 2 N–H and O–H groups in total. The van der Waals surface area contributed by atoms with Gasteiger partial charge in [-0.05, 0) is 31.4 Å². The molecule has 0 spiro atoms. The van der Waals surface area contributed by atoms with Crippen LogP contribution in [0.2, 0.25) is 0 Å². The Kier molecular flexibility index (Phi) is 6.58. The molecule has 0 amide bonds. The minimum Gasteiger partial charge on any atom is -0.326 e. The van der Waals surface area contributed by atoms with Crippen molar-refractivity contribution < 1.29 is 8.42 Å². The molecule has 1 rings (SSSR count). The van der Waals surface area contributed by atoms with Crippen LogP contribution in [0.1, 0.15) is 45.6 Å². The summed E-state index contributed by atoms with van der Waals surface area (Å²) < 4.78 is 26.9. The van der Waals surface area contributed by atoms with E-state index >= 15 is 0 Å². The highest BCUT2D eigenvalue weighted by Gasteiger charge is 2.28. The van der Waals surface area contributed by atoms with E-state index in [9.17, 15) is 8.42 Å². The molecule has 0 aliphatic carbocycles. The van der Waals surface area contributed by atoms with Gasteiger partial charge in [0.05, 0.1) is 0 Å². The van der Waals surface area contributed by atoms with Crippen LogP contribution in [0.4, 0.5) is 0 Å². The zero-order valence-corrected chi connectivity index (χ0v) is 13.4. The van der Waals surface area contributed by atoms with Crippen LogP contribution >= 0.6 is 0 Å². The quantitative estimate of drug-likeness (QED) is 0.798. The predicted molar refractivity (Wildman–Crippen MR) is 80.7 cm³/mol. The molecule has 114 valence electrons. The molecule has 5 nitrogen and oxygen atoms in total. The lowest BCUT2D eigenvalue weighted by Gasteiger charge is -2.27. The third-order valence-electron chi connectivity index (χ3n) is 3.42. The van der Waals surface area contributed by atoms with Gasteiger partial charge < -0.3 is 5.73 Å². The highest BCUT2D eigenvalue weighted by atomic mass is 32.2. The normalized spacial score (nSPS) is 13.7. The van der Waals surface area contributed by atoms with E-state index in [4.69, 9.17) is 5.73 Å². The average Bonchev–Trinajstić information content (AvgIpc) is 2.47. The Bertz CT molecular complexity index is 500. The van der Waals surface area contributed by atoms with Gasteiger partial charge in [0.15, 0.2) is 5.03 Å². The summed E-state index contributed by atoms with van der Waals surface area (Å²) in [6.07, 6.45) is 4.12. The fourth-order valence-electron chi connectivity index (χ4n) is 1.90. The molecular weight excluding hydrogens is 274 g/mol. The second kappa shape index (κ2) is 7.71. The van der Waals surface area contributed by atoms with Gasteiger partial charge in [-0.2, -0.15) is 4.31 Å². The van der Waals surface area contributed by atoms with Crippen molar-refractivity contribution in [1.29, 1.82) is 0 Å². The zero-order valence-electron chi connectivity index (χ0n) is 12.5. The van der Waals surface area contributed by atoms with Gasteiger partial charge in [-0.1, -0.05) is 26.3 Å². The summed E-state index contributed by atoms with van der Waals surface area (Å²) >= 11 is 0. The van der Waals surface area contributed by atoms with Crippen molar-refractivity contribution in [2.45, 2.75) is 57.6 Å². The van der Waals surface area contributed by atoms with Crippen LogP contribution in [-0.4, -0.2) is 30.3 Å². The van der Waals surface area contributed by atoms with Crippen LogP contribution in [-0.2, 0) is 16.6 Å². The molecule has 6 heteroatoms. The molecule has 1 aromatic heterocycles. The molecule has 1 atom stereocenters. The molecule has 1 aromatic rings. The van der Waals surface area contributed by atoms with Gasteiger partial charge >= 0.3 is 0 Å². The zero-order chi connectivity index (χ0) is 15.2. The lowest BCUT2D eigenvalue weighted by atomic mass is 10.2. The van der Waals surface area contributed by atoms with Crippen molar-refractivity contribution in [2.75, 3.05) is 6.54 Å². The Hall–Kier alpha value is -0.980. The number of unbranched alkanes of at least 4 members (excludes halogenated alkanes) is 1. The number of hydrogen-bond donors (Lipinski definition) is 1. The first kappa shape index (κ1) is 17.1. The van der Waals surface area contributed by atoms with Crippen LogP contribution < -0.4 is 5.73 Å². The topological polar surface area (TPSA) is 76.3 Å². The number of aromatic nitrogens is 1. The molecular formula is C14H25N3O2S. The van der Waals surface area contributed by atoms with Gasteiger partial charge in [0.25, 0.3) is 10.0 Å². The fraction of sp³-hybridized carbons (Fsp3) is 0.643. The third-order valence-corrected chi connectivity index (χ3v) is 5.35. The van der Waals surface area contributed by atoms with Crippen molar-refractivity contribution in [2.24, 2.45) is 5.73 Å². The second-order valence-electron chi connectivity index (χ2n) is 4.94. The molecule has 0 fully saturated rings. The average molecular weight is 299 g/mol. The minimum absolute atomic E-state index is 0.0254. The number of nitrogens with two attached hydrogens (primary N) is 1. The first-order valence-electron chi connectivity index (χ1n) is 7.14. The van der Waals surface area contributed by atoms with E-state index < -0.39 is 10.0 Å². The lowest BCUT2D eigenvalue weighted by molar-refractivity contribution is 0.323. The highest BCUT2D eigenvalue weighted by molar-refractivity contribution is 7.89. The standard InChI is InChI=1S/C14H25N3O2S/c1-4-6-9-17(12(3)5-2)20(18,19)14-8-7-13(10-15)11-16-14/h7-8,11-12H,4-6,9-10,15H2,1-3H3. The number of hydrogen-bond acceptors (Lipinski definition) is 4. The molecule has 0 aliphatic heterocycles. The monoisotopic (exact) mass is 299 g/mol. The van der Waals surface area contributed by atoms with E-state index in [0.717, 1.165) is 24.8 Å². The van der Waals surface area contributed by atoms with Crippen LogP contribution in [0, 0.1) is 0 Å². The maximum absolute atomic E-state index is 12.7. The van der Waals surface area contributed by atoms with E-state index in [1.165, 1.54) is 6.20 Å². The summed E-state index contributed by atoms with van der Waals surface area (Å²) in [7, 11) is -3.53. The Labute approximate surface area is 122 Å². The smallest absolute Gasteiger partial charge is 0.260 e. The first-order chi connectivity index (χ1) is 9.47. The minimum atomic E-state index is -3.53. The number of pyridine rings is 1. The summed E-state index contributed by atoms with van der Waals surface area (Å²) in [5.74, 6) is 0. The summed E-state index contributed by atoms with van der Waals surface area (Å²) in [6, 6.07) is 3.23. The fourth-order valence-corrected chi connectivity index (χ4v) is 3.56. The van der Waals surface area contributed by atoms with Crippen molar-refractivity contribution in [3.63, 3.8) is 0 Å². The molecule has 0 aliphatic rings. The van der Waals surface area contributed by atoms with E-state index in [1.807, 2.05) is 13.8 Å². The Morgan fingerprint density at radius 3 is 2.50 bits per heavy atom. The molecule has 0 aromatic carbocycles. The van der Waals surface area contributed by atoms with Gasteiger partial charge in [0, 0.05) is 25.3 Å². The summed E-state index contributed by atoms with van der Waals surface area (Å²) in [4.78, 5) is 4.06. The van der Waals surface area contributed by atoms with Crippen molar-refractivity contribution in [3.05, 3.63) is 23.9 Å². The molecule has 0 radical (unpaired) electrons. The summed E-state index contributed by atoms with van der Waals surface area (Å²) in [5.41, 5.74) is 6.33. The lowest BCUT2D eigenvalue weighted by Crippen LogP contribution is -2.39. The van der Waals surface area contributed by atoms with Gasteiger partial charge in [-0.25, -0.2) is 13.4 Å². The number of sulfonamides is 1. The Morgan fingerprint density at radius 2 is 2.05 bits per heavy atom. The highest BCUT2D eigenvalue weighted by Crippen LogP contribution is 2.19. The van der Waals surface area contributed by atoms with Gasteiger partial charge in [0.2, 0.25) is 0 Å². The van der Waals surface area contributed by atoms with Gasteiger partial charge in [-0.15, -0.1) is 0 Å². The van der Waals surface area contributed by atoms with Gasteiger partial charge in [-0.3, -0.25) is 0 Å². The van der Waals surface area contributed by atoms with Crippen LogP contribution in [0.3, 0.4) is 0 Å². The summed E-state index contributed by atoms with van der Waals surface area (Å²) in [5, 5.41) is 0.103. The van der Waals surface area contributed by atoms with E-state index in [1.54, 1.807) is 16.4 Å². The Balaban J connectivity index is 3.07. The van der Waals surface area contributed by atoms with Crippen molar-refractivity contribution >= 4 is 10.0 Å². The molecule has 0 saturated heterocycles. The Morgan fingerprint density at radius 1 is 1.35 bits per heavy atom. The summed E-state index contributed by atoms with van der Waals surface area (Å²) in [6.45, 7) is 6.87. The SMILES string of the molecule is CCCCN(C(C)CC)S(=O)(=O)c1ccc(CN)cn1. The van der Waals surface area contributed by atoms with Crippen LogP contribution in [0.5, 0.6) is 0 Å². The molecule has 0 saturated carbocycles. The van der Waals surface area contributed by atoms with E-state index in [2.05, 4.69) is 11.9 Å². The van der Waals surface area contributed by atoms with Crippen molar-refractivity contribution in [1.82, 2.24) is 9.29 Å². The molecule has 20 heavy (non-hydrogen) atoms. The number of nitrogens with zero attached hydrogens (tertiary/aromatic N) is 2. The van der Waals surface area contributed by atoms with Crippen LogP contribution in [0.25, 0.3) is 0 Å². The molecule has 1 heterocycles.